The van der Waals surface area contributed by atoms with Crippen LogP contribution in [0.25, 0.3) is 0 Å². The summed E-state index contributed by atoms with van der Waals surface area (Å²) in [6, 6.07) is 11.6. The molecule has 3 heteroatoms. The van der Waals surface area contributed by atoms with Crippen LogP contribution in [0.2, 0.25) is 5.02 Å². The van der Waals surface area contributed by atoms with Crippen LogP contribution >= 0.6 is 11.6 Å². The van der Waals surface area contributed by atoms with E-state index in [0.29, 0.717) is 6.42 Å². The lowest BCUT2D eigenvalue weighted by molar-refractivity contribution is 0.690. The van der Waals surface area contributed by atoms with Crippen molar-refractivity contribution in [1.82, 2.24) is 4.98 Å². The van der Waals surface area contributed by atoms with Gasteiger partial charge >= 0.3 is 0 Å². The van der Waals surface area contributed by atoms with Crippen molar-refractivity contribution in [2.45, 2.75) is 19.4 Å². The number of aryl methyl sites for hydroxylation is 1. The monoisotopic (exact) mass is 246 g/mol. The quantitative estimate of drug-likeness (QED) is 0.903. The number of benzene rings is 1. The maximum Gasteiger partial charge on any atom is 0.0603 e. The van der Waals surface area contributed by atoms with Crippen LogP contribution < -0.4 is 5.73 Å². The summed E-state index contributed by atoms with van der Waals surface area (Å²) < 4.78 is 0. The van der Waals surface area contributed by atoms with E-state index in [2.05, 4.69) is 4.98 Å². The summed E-state index contributed by atoms with van der Waals surface area (Å²) in [7, 11) is 0. The topological polar surface area (TPSA) is 38.9 Å². The molecular weight excluding hydrogens is 232 g/mol. The Morgan fingerprint density at radius 3 is 2.71 bits per heavy atom. The molecule has 2 nitrogen and oxygen atoms in total. The zero-order chi connectivity index (χ0) is 12.3. The van der Waals surface area contributed by atoms with Gasteiger partial charge in [0.05, 0.1) is 11.7 Å². The van der Waals surface area contributed by atoms with E-state index in [0.717, 1.165) is 21.8 Å². The highest BCUT2D eigenvalue weighted by molar-refractivity contribution is 6.31. The van der Waals surface area contributed by atoms with Crippen molar-refractivity contribution in [1.29, 1.82) is 0 Å². The highest BCUT2D eigenvalue weighted by Crippen LogP contribution is 2.22. The number of aromatic nitrogens is 1. The number of nitrogens with zero attached hydrogens (tertiary/aromatic N) is 1. The van der Waals surface area contributed by atoms with Crippen molar-refractivity contribution in [3.8, 4) is 0 Å². The molecule has 0 fully saturated rings. The highest BCUT2D eigenvalue weighted by atomic mass is 35.5. The van der Waals surface area contributed by atoms with Crippen LogP contribution in [-0.2, 0) is 6.42 Å². The third-order valence-electron chi connectivity index (χ3n) is 2.80. The Morgan fingerprint density at radius 1 is 1.24 bits per heavy atom. The summed E-state index contributed by atoms with van der Waals surface area (Å²) in [5, 5.41) is 0.761. The third-order valence-corrected chi connectivity index (χ3v) is 3.17. The molecule has 2 rings (SSSR count). The smallest absolute Gasteiger partial charge is 0.0603 e. The van der Waals surface area contributed by atoms with Crippen LogP contribution in [0, 0.1) is 6.92 Å². The maximum absolute atomic E-state index is 6.18. The molecule has 88 valence electrons. The summed E-state index contributed by atoms with van der Waals surface area (Å²) >= 11 is 6.12. The minimum Gasteiger partial charge on any atom is -0.322 e. The molecule has 0 spiro atoms. The lowest BCUT2D eigenvalue weighted by Gasteiger charge is -2.14. The van der Waals surface area contributed by atoms with Gasteiger partial charge in [0.2, 0.25) is 0 Å². The second kappa shape index (κ2) is 5.30. The van der Waals surface area contributed by atoms with E-state index in [-0.39, 0.29) is 6.04 Å². The zero-order valence-corrected chi connectivity index (χ0v) is 10.5. The molecular formula is C14H15ClN2. The van der Waals surface area contributed by atoms with E-state index in [1.54, 1.807) is 6.20 Å². The molecule has 0 aliphatic rings. The van der Waals surface area contributed by atoms with Gasteiger partial charge in [0, 0.05) is 11.2 Å². The number of hydrogen-bond donors (Lipinski definition) is 1. The van der Waals surface area contributed by atoms with Crippen molar-refractivity contribution < 1.29 is 0 Å². The van der Waals surface area contributed by atoms with Crippen molar-refractivity contribution in [3.63, 3.8) is 0 Å². The molecule has 0 radical (unpaired) electrons. The molecule has 1 aromatic heterocycles. The van der Waals surface area contributed by atoms with E-state index in [1.165, 1.54) is 0 Å². The van der Waals surface area contributed by atoms with Gasteiger partial charge in [-0.2, -0.15) is 0 Å². The van der Waals surface area contributed by atoms with E-state index in [1.807, 2.05) is 43.3 Å². The molecule has 0 aliphatic heterocycles. The van der Waals surface area contributed by atoms with Gasteiger partial charge in [-0.05, 0) is 36.6 Å². The molecule has 2 aromatic rings. The molecule has 17 heavy (non-hydrogen) atoms. The zero-order valence-electron chi connectivity index (χ0n) is 9.73. The average Bonchev–Trinajstić information content (AvgIpc) is 2.32. The molecule has 1 aromatic carbocycles. The van der Waals surface area contributed by atoms with Crippen LogP contribution in [0.5, 0.6) is 0 Å². The summed E-state index contributed by atoms with van der Waals surface area (Å²) in [4.78, 5) is 4.34. The number of hydrogen-bond acceptors (Lipinski definition) is 2. The first-order valence-electron chi connectivity index (χ1n) is 5.59. The van der Waals surface area contributed by atoms with E-state index < -0.39 is 0 Å². The Bertz CT molecular complexity index is 511. The second-order valence-corrected chi connectivity index (χ2v) is 4.51. The van der Waals surface area contributed by atoms with Gasteiger partial charge in [-0.3, -0.25) is 4.98 Å². The predicted octanol–water partition coefficient (Wildman–Crippen LogP) is 3.29. The number of nitrogens with two attached hydrogens (primary N) is 1. The molecule has 1 unspecified atom stereocenters. The Kier molecular flexibility index (Phi) is 3.77. The Balaban J connectivity index is 2.20. The first-order valence-corrected chi connectivity index (χ1v) is 5.97. The van der Waals surface area contributed by atoms with Crippen LogP contribution in [0.4, 0.5) is 0 Å². The van der Waals surface area contributed by atoms with Gasteiger partial charge in [-0.1, -0.05) is 35.9 Å². The second-order valence-electron chi connectivity index (χ2n) is 4.11. The lowest BCUT2D eigenvalue weighted by atomic mass is 10.0. The van der Waals surface area contributed by atoms with Gasteiger partial charge in [-0.25, -0.2) is 0 Å². The van der Waals surface area contributed by atoms with Crippen LogP contribution in [0.3, 0.4) is 0 Å². The minimum atomic E-state index is -0.115. The summed E-state index contributed by atoms with van der Waals surface area (Å²) in [6.45, 7) is 2.02. The Hall–Kier alpha value is -1.38. The van der Waals surface area contributed by atoms with Crippen molar-refractivity contribution in [2.75, 3.05) is 0 Å². The standard InChI is InChI=1S/C14H15ClN2/c1-10-5-4-8-17-14(10)13(16)9-11-6-2-3-7-12(11)15/h2-8,13H,9,16H2,1H3. The SMILES string of the molecule is Cc1cccnc1C(N)Cc1ccccc1Cl. The Morgan fingerprint density at radius 2 is 2.00 bits per heavy atom. The van der Waals surface area contributed by atoms with Crippen LogP contribution in [-0.4, -0.2) is 4.98 Å². The highest BCUT2D eigenvalue weighted by Gasteiger charge is 2.12. The van der Waals surface area contributed by atoms with Gasteiger partial charge in [0.1, 0.15) is 0 Å². The largest absolute Gasteiger partial charge is 0.322 e. The predicted molar refractivity (Wildman–Crippen MR) is 71.1 cm³/mol. The molecule has 2 N–H and O–H groups in total. The van der Waals surface area contributed by atoms with Crippen LogP contribution in [0.1, 0.15) is 22.9 Å². The normalized spacial score (nSPS) is 12.4. The number of halogens is 1. The fraction of sp³-hybridized carbons (Fsp3) is 0.214. The molecule has 0 aliphatic carbocycles. The van der Waals surface area contributed by atoms with Crippen molar-refractivity contribution in [2.24, 2.45) is 5.73 Å². The molecule has 1 atom stereocenters. The van der Waals surface area contributed by atoms with E-state index >= 15 is 0 Å². The molecule has 0 saturated carbocycles. The van der Waals surface area contributed by atoms with Gasteiger partial charge < -0.3 is 5.73 Å². The van der Waals surface area contributed by atoms with Crippen molar-refractivity contribution >= 4 is 11.6 Å². The molecule has 0 bridgehead atoms. The summed E-state index contributed by atoms with van der Waals surface area (Å²) in [6.07, 6.45) is 2.48. The van der Waals surface area contributed by atoms with Crippen molar-refractivity contribution in [3.05, 3.63) is 64.4 Å². The summed E-state index contributed by atoms with van der Waals surface area (Å²) in [5.41, 5.74) is 9.29. The average molecular weight is 247 g/mol. The minimum absolute atomic E-state index is 0.115. The van der Waals surface area contributed by atoms with Gasteiger partial charge in [0.15, 0.2) is 0 Å². The maximum atomic E-state index is 6.18. The molecule has 0 amide bonds. The number of rotatable bonds is 3. The Labute approximate surface area is 106 Å². The first-order chi connectivity index (χ1) is 8.18. The number of pyridine rings is 1. The van der Waals surface area contributed by atoms with E-state index in [4.69, 9.17) is 17.3 Å². The molecule has 0 saturated heterocycles. The van der Waals surface area contributed by atoms with Gasteiger partial charge in [0.25, 0.3) is 0 Å². The fourth-order valence-corrected chi connectivity index (χ4v) is 2.10. The lowest BCUT2D eigenvalue weighted by Crippen LogP contribution is -2.16. The molecule has 1 heterocycles. The van der Waals surface area contributed by atoms with Crippen LogP contribution in [0.15, 0.2) is 42.6 Å². The third kappa shape index (κ3) is 2.84. The van der Waals surface area contributed by atoms with Gasteiger partial charge in [-0.15, -0.1) is 0 Å². The first kappa shape index (κ1) is 12.1. The fourth-order valence-electron chi connectivity index (χ4n) is 1.88. The summed E-state index contributed by atoms with van der Waals surface area (Å²) in [5.74, 6) is 0. The van der Waals surface area contributed by atoms with E-state index in [9.17, 15) is 0 Å².